The van der Waals surface area contributed by atoms with Crippen molar-refractivity contribution in [1.82, 2.24) is 34.0 Å². The minimum Gasteiger partial charge on any atom is -0.376 e. The van der Waals surface area contributed by atoms with Crippen molar-refractivity contribution in [2.45, 2.75) is 89.6 Å². The first-order valence-electron chi connectivity index (χ1n) is 15.2. The molecule has 1 aliphatic carbocycles. The zero-order valence-electron chi connectivity index (χ0n) is 24.8. The van der Waals surface area contributed by atoms with Crippen LogP contribution in [0.2, 0.25) is 0 Å². The lowest BCUT2D eigenvalue weighted by molar-refractivity contribution is -0.137. The second-order valence-electron chi connectivity index (χ2n) is 12.6. The molecule has 0 radical (unpaired) electrons. The van der Waals surface area contributed by atoms with Crippen LogP contribution in [-0.4, -0.2) is 77.8 Å². The van der Waals surface area contributed by atoms with E-state index in [0.717, 1.165) is 43.1 Å². The molecule has 3 aliphatic rings. The number of aryl methyl sites for hydroxylation is 1. The maximum absolute atomic E-state index is 14.7. The van der Waals surface area contributed by atoms with Gasteiger partial charge >= 0.3 is 0 Å². The van der Waals surface area contributed by atoms with Gasteiger partial charge in [0.05, 0.1) is 18.2 Å². The molecule has 236 valence electrons. The molecule has 1 saturated carbocycles. The number of alkyl halides is 4. The second kappa shape index (κ2) is 10.9. The quantitative estimate of drug-likeness (QED) is 0.245. The highest BCUT2D eigenvalue weighted by atomic mass is 19.3. The average Bonchev–Trinajstić information content (AvgIpc) is 3.70. The largest absolute Gasteiger partial charge is 0.376 e. The Hall–Kier alpha value is -3.39. The maximum Gasteiger partial charge on any atom is 0.266 e. The van der Waals surface area contributed by atoms with E-state index in [1.54, 1.807) is 6.33 Å². The molecule has 4 atom stereocenters. The van der Waals surface area contributed by atoms with E-state index in [1.807, 2.05) is 25.2 Å². The Kier molecular flexibility index (Phi) is 7.26. The van der Waals surface area contributed by atoms with E-state index < -0.39 is 35.7 Å². The molecule has 0 N–H and O–H groups in total. The van der Waals surface area contributed by atoms with E-state index in [1.165, 1.54) is 6.07 Å². The summed E-state index contributed by atoms with van der Waals surface area (Å²) in [4.78, 5) is 14.1. The summed E-state index contributed by atoms with van der Waals surface area (Å²) in [6.07, 6.45) is 0.0993. The topological polar surface area (TPSA) is 76.6 Å². The number of ether oxygens (including phenoxy) is 1. The van der Waals surface area contributed by atoms with Crippen molar-refractivity contribution in [3.05, 3.63) is 47.3 Å². The molecular weight excluding hydrogens is 583 g/mol. The Bertz CT molecular complexity index is 1680. The van der Waals surface area contributed by atoms with Crippen molar-refractivity contribution < 1.29 is 26.7 Å². The smallest absolute Gasteiger partial charge is 0.266 e. The van der Waals surface area contributed by atoms with Crippen molar-refractivity contribution in [1.29, 1.82) is 0 Å². The molecule has 3 aromatic heterocycles. The van der Waals surface area contributed by atoms with Crippen LogP contribution in [0.5, 0.6) is 0 Å². The van der Waals surface area contributed by atoms with Gasteiger partial charge in [-0.05, 0) is 51.2 Å². The molecule has 2 saturated heterocycles. The highest BCUT2D eigenvalue weighted by molar-refractivity contribution is 5.87. The van der Waals surface area contributed by atoms with Crippen LogP contribution in [-0.2, 0) is 11.3 Å². The van der Waals surface area contributed by atoms with Crippen LogP contribution in [0.3, 0.4) is 0 Å². The van der Waals surface area contributed by atoms with E-state index >= 15 is 0 Å². The van der Waals surface area contributed by atoms with Gasteiger partial charge in [-0.2, -0.15) is 4.98 Å². The molecule has 5 heterocycles. The zero-order valence-corrected chi connectivity index (χ0v) is 24.8. The number of nitrogens with zero attached hydrogens (tertiary/aromatic N) is 8. The average molecular weight is 619 g/mol. The first-order chi connectivity index (χ1) is 21.0. The van der Waals surface area contributed by atoms with Crippen LogP contribution < -0.4 is 4.90 Å². The van der Waals surface area contributed by atoms with Gasteiger partial charge in [0.15, 0.2) is 11.5 Å². The van der Waals surface area contributed by atoms with Gasteiger partial charge in [0.25, 0.3) is 12.2 Å². The monoisotopic (exact) mass is 618 g/mol. The van der Waals surface area contributed by atoms with Gasteiger partial charge in [-0.15, -0.1) is 10.2 Å². The minimum absolute atomic E-state index is 0.0900. The highest BCUT2D eigenvalue weighted by Crippen LogP contribution is 2.51. The van der Waals surface area contributed by atoms with Crippen LogP contribution in [0.15, 0.2) is 24.5 Å². The predicted octanol–water partition coefficient (Wildman–Crippen LogP) is 5.72. The number of aromatic nitrogens is 6. The number of hydrogen-bond acceptors (Lipinski definition) is 7. The molecule has 44 heavy (non-hydrogen) atoms. The van der Waals surface area contributed by atoms with E-state index in [0.29, 0.717) is 42.3 Å². The Morgan fingerprint density at radius 3 is 2.57 bits per heavy atom. The lowest BCUT2D eigenvalue weighted by Gasteiger charge is -2.52. The van der Waals surface area contributed by atoms with Gasteiger partial charge in [-0.25, -0.2) is 31.3 Å². The van der Waals surface area contributed by atoms with Gasteiger partial charge in [0.1, 0.15) is 23.5 Å². The SMILES string of the molecule is Cc1nc2c(N3C[C@@H](C)N(C(c4ccc(C(F)F)c(F)c4)C4CC(F)(F)C4)C[C@@H]3C)nc3nncn3c2n1CC1CCCO1. The first kappa shape index (κ1) is 29.3. The van der Waals surface area contributed by atoms with Gasteiger partial charge in [-0.3, -0.25) is 4.90 Å². The van der Waals surface area contributed by atoms with E-state index in [9.17, 15) is 22.0 Å². The Labute approximate surface area is 251 Å². The number of fused-ring (bicyclic) bond motifs is 3. The summed E-state index contributed by atoms with van der Waals surface area (Å²) in [5.74, 6) is -2.32. The van der Waals surface area contributed by atoms with Crippen LogP contribution >= 0.6 is 0 Å². The number of imidazole rings is 1. The van der Waals surface area contributed by atoms with Crippen LogP contribution in [0, 0.1) is 18.7 Å². The summed E-state index contributed by atoms with van der Waals surface area (Å²) in [5, 5.41) is 8.36. The number of rotatable bonds is 7. The van der Waals surface area contributed by atoms with Crippen LogP contribution in [0.1, 0.15) is 68.9 Å². The molecule has 3 fully saturated rings. The minimum atomic E-state index is -2.96. The van der Waals surface area contributed by atoms with E-state index in [-0.39, 0.29) is 31.0 Å². The molecule has 9 nitrogen and oxygen atoms in total. The summed E-state index contributed by atoms with van der Waals surface area (Å²) in [6.45, 7) is 8.33. The third-order valence-corrected chi connectivity index (χ3v) is 9.55. The number of hydrogen-bond donors (Lipinski definition) is 0. The number of anilines is 1. The van der Waals surface area contributed by atoms with Crippen LogP contribution in [0.25, 0.3) is 16.9 Å². The van der Waals surface area contributed by atoms with E-state index in [4.69, 9.17) is 14.7 Å². The Balaban J connectivity index is 1.23. The summed E-state index contributed by atoms with van der Waals surface area (Å²) >= 11 is 0. The number of halogens is 5. The van der Waals surface area contributed by atoms with Crippen molar-refractivity contribution in [2.75, 3.05) is 24.6 Å². The van der Waals surface area contributed by atoms with E-state index in [2.05, 4.69) is 24.6 Å². The molecule has 14 heteroatoms. The van der Waals surface area contributed by atoms with Gasteiger partial charge < -0.3 is 14.2 Å². The predicted molar refractivity (Wildman–Crippen MR) is 153 cm³/mol. The Morgan fingerprint density at radius 2 is 1.89 bits per heavy atom. The standard InChI is InChI=1S/C30H35F5N8O/c1-16-13-41(27-24-28(43-15-36-39-29(43)38-27)42(18(3)37-24)14-21-5-4-8-44-21)17(2)12-40(16)25(20-10-30(34,35)11-20)19-6-7-22(26(32)33)23(31)9-19/h6-7,9,15-17,20-21,25-26H,4-5,8,10-14H2,1-3H3/t16-,17+,21?,25?/m1/s1. The lowest BCUT2D eigenvalue weighted by Crippen LogP contribution is -2.59. The van der Waals surface area contributed by atoms with Crippen molar-refractivity contribution >= 4 is 22.8 Å². The molecule has 0 spiro atoms. The van der Waals surface area contributed by atoms with Crippen molar-refractivity contribution in [2.24, 2.45) is 5.92 Å². The number of benzene rings is 1. The number of piperazine rings is 1. The van der Waals surface area contributed by atoms with Crippen LogP contribution in [0.4, 0.5) is 27.8 Å². The third kappa shape index (κ3) is 4.99. The van der Waals surface area contributed by atoms with Gasteiger partial charge in [0, 0.05) is 50.7 Å². The summed E-state index contributed by atoms with van der Waals surface area (Å²) in [6, 6.07) is 2.79. The highest BCUT2D eigenvalue weighted by Gasteiger charge is 2.51. The Morgan fingerprint density at radius 1 is 1.09 bits per heavy atom. The lowest BCUT2D eigenvalue weighted by atomic mass is 9.73. The van der Waals surface area contributed by atoms with Gasteiger partial charge in [0.2, 0.25) is 5.92 Å². The summed E-state index contributed by atoms with van der Waals surface area (Å²) in [5.41, 5.74) is 1.29. The molecule has 7 rings (SSSR count). The first-order valence-corrected chi connectivity index (χ1v) is 15.2. The molecule has 1 aromatic carbocycles. The van der Waals surface area contributed by atoms with Crippen molar-refractivity contribution in [3.8, 4) is 0 Å². The fourth-order valence-corrected chi connectivity index (χ4v) is 7.37. The molecule has 4 aromatic rings. The van der Waals surface area contributed by atoms with Crippen molar-refractivity contribution in [3.63, 3.8) is 0 Å². The summed E-state index contributed by atoms with van der Waals surface area (Å²) in [7, 11) is 0. The zero-order chi connectivity index (χ0) is 30.9. The molecule has 0 bridgehead atoms. The maximum atomic E-state index is 14.7. The molecule has 2 unspecified atom stereocenters. The second-order valence-corrected chi connectivity index (χ2v) is 12.6. The molecular formula is C30H35F5N8O. The summed E-state index contributed by atoms with van der Waals surface area (Å²) < 4.78 is 79.4. The molecule has 2 aliphatic heterocycles. The molecule has 0 amide bonds. The third-order valence-electron chi connectivity index (χ3n) is 9.55. The fraction of sp³-hybridized carbons (Fsp3) is 0.600. The normalized spacial score (nSPS) is 25.4. The van der Waals surface area contributed by atoms with Gasteiger partial charge in [-0.1, -0.05) is 12.1 Å². The fourth-order valence-electron chi connectivity index (χ4n) is 7.37.